The molecule has 6 nitrogen and oxygen atoms in total. The van der Waals surface area contributed by atoms with Crippen LogP contribution in [0.2, 0.25) is 0 Å². The molecule has 0 fully saturated rings. The second kappa shape index (κ2) is 9.35. The highest BCUT2D eigenvalue weighted by atomic mass is 32.2. The van der Waals surface area contributed by atoms with E-state index >= 15 is 0 Å². The van der Waals surface area contributed by atoms with Crippen LogP contribution in [0, 0.1) is 6.92 Å². The predicted molar refractivity (Wildman–Crippen MR) is 136 cm³/mol. The molecule has 0 spiro atoms. The van der Waals surface area contributed by atoms with E-state index in [0.29, 0.717) is 29.4 Å². The molecule has 2 heterocycles. The molecule has 3 aromatic carbocycles. The van der Waals surface area contributed by atoms with Gasteiger partial charge in [-0.2, -0.15) is 4.99 Å². The fourth-order valence-electron chi connectivity index (χ4n) is 4.15. The monoisotopic (exact) mass is 471 g/mol. The zero-order valence-electron chi connectivity index (χ0n) is 19.3. The van der Waals surface area contributed by atoms with Crippen molar-refractivity contribution < 1.29 is 14.3 Å². The van der Waals surface area contributed by atoms with Gasteiger partial charge in [0.25, 0.3) is 5.91 Å². The average molecular weight is 472 g/mol. The van der Waals surface area contributed by atoms with Crippen molar-refractivity contribution in [2.75, 3.05) is 14.2 Å². The zero-order valence-corrected chi connectivity index (χ0v) is 20.1. The summed E-state index contributed by atoms with van der Waals surface area (Å²) in [6.45, 7) is 2.08. The maximum absolute atomic E-state index is 13.1. The molecule has 0 bridgehead atoms. The molecule has 5 rings (SSSR count). The van der Waals surface area contributed by atoms with Crippen molar-refractivity contribution in [1.82, 2.24) is 4.90 Å². The Morgan fingerprint density at radius 2 is 1.62 bits per heavy atom. The number of fused-ring (bicyclic) bond motifs is 3. The first-order chi connectivity index (χ1) is 16.6. The van der Waals surface area contributed by atoms with Crippen molar-refractivity contribution in [2.45, 2.75) is 25.1 Å². The molecule has 0 aromatic heterocycles. The number of carbonyl (C=O) groups excluding carboxylic acids is 1. The first-order valence-electron chi connectivity index (χ1n) is 11.1. The summed E-state index contributed by atoms with van der Waals surface area (Å²) in [5, 5.41) is 0.755. The number of aliphatic imine (C=N–C) groups is 2. The van der Waals surface area contributed by atoms with E-state index < -0.39 is 6.04 Å². The van der Waals surface area contributed by atoms with Crippen LogP contribution in [0.5, 0.6) is 11.5 Å². The second-order valence-corrected chi connectivity index (χ2v) is 9.18. The lowest BCUT2D eigenvalue weighted by Gasteiger charge is -2.31. The van der Waals surface area contributed by atoms with Crippen molar-refractivity contribution in [3.63, 3.8) is 0 Å². The average Bonchev–Trinajstić information content (AvgIpc) is 3.19. The van der Waals surface area contributed by atoms with Gasteiger partial charge in [0, 0.05) is 23.8 Å². The number of hydrogen-bond donors (Lipinski definition) is 0. The minimum atomic E-state index is -0.442. The Labute approximate surface area is 203 Å². The molecule has 7 heteroatoms. The van der Waals surface area contributed by atoms with Gasteiger partial charge in [-0.3, -0.25) is 9.69 Å². The SMILES string of the molecule is COc1cc2c(cc1OC)C1=NC(=O)C(Cc3ccccc3)N1C(SCc1ccc(C)cc1)=N2. The van der Waals surface area contributed by atoms with Crippen LogP contribution in [0.1, 0.15) is 22.3 Å². The Morgan fingerprint density at radius 1 is 0.912 bits per heavy atom. The van der Waals surface area contributed by atoms with Crippen molar-refractivity contribution in [3.05, 3.63) is 89.0 Å². The summed E-state index contributed by atoms with van der Waals surface area (Å²) in [5.74, 6) is 2.35. The number of carbonyl (C=O) groups is 1. The summed E-state index contributed by atoms with van der Waals surface area (Å²) in [5.41, 5.74) is 4.98. The number of thioether (sulfide) groups is 1. The molecule has 3 aromatic rings. The third-order valence-electron chi connectivity index (χ3n) is 5.97. The summed E-state index contributed by atoms with van der Waals surface area (Å²) in [7, 11) is 3.19. The minimum Gasteiger partial charge on any atom is -0.493 e. The minimum absolute atomic E-state index is 0.162. The summed E-state index contributed by atoms with van der Waals surface area (Å²) in [6, 6.07) is 21.7. The summed E-state index contributed by atoms with van der Waals surface area (Å²) < 4.78 is 11.0. The molecule has 0 N–H and O–H groups in total. The highest BCUT2D eigenvalue weighted by molar-refractivity contribution is 8.13. The smallest absolute Gasteiger partial charge is 0.271 e. The van der Waals surface area contributed by atoms with Gasteiger partial charge in [-0.05, 0) is 24.1 Å². The van der Waals surface area contributed by atoms with Crippen LogP contribution < -0.4 is 9.47 Å². The van der Waals surface area contributed by atoms with Crippen LogP contribution in [-0.4, -0.2) is 42.1 Å². The molecule has 2 aliphatic rings. The molecule has 0 aliphatic carbocycles. The predicted octanol–water partition coefficient (Wildman–Crippen LogP) is 5.15. The number of benzene rings is 3. The highest BCUT2D eigenvalue weighted by Gasteiger charge is 2.42. The molecule has 1 amide bonds. The van der Waals surface area contributed by atoms with Crippen molar-refractivity contribution >= 4 is 34.4 Å². The van der Waals surface area contributed by atoms with Gasteiger partial charge in [-0.15, -0.1) is 0 Å². The number of amides is 1. The molecule has 172 valence electrons. The second-order valence-electron chi connectivity index (χ2n) is 8.24. The van der Waals surface area contributed by atoms with Gasteiger partial charge in [-0.1, -0.05) is 71.9 Å². The molecule has 0 saturated carbocycles. The van der Waals surface area contributed by atoms with Crippen molar-refractivity contribution in [3.8, 4) is 11.5 Å². The summed E-state index contributed by atoms with van der Waals surface area (Å²) in [4.78, 5) is 24.6. The third-order valence-corrected chi connectivity index (χ3v) is 6.99. The number of hydrogen-bond acceptors (Lipinski definition) is 6. The molecule has 1 unspecified atom stereocenters. The highest BCUT2D eigenvalue weighted by Crippen LogP contribution is 2.41. The van der Waals surface area contributed by atoms with Gasteiger partial charge in [0.2, 0.25) is 0 Å². The lowest BCUT2D eigenvalue weighted by Crippen LogP contribution is -2.44. The molecular formula is C27H25N3O3S. The van der Waals surface area contributed by atoms with Crippen LogP contribution in [0.4, 0.5) is 5.69 Å². The van der Waals surface area contributed by atoms with Gasteiger partial charge in [-0.25, -0.2) is 4.99 Å². The number of aryl methyl sites for hydroxylation is 1. The van der Waals surface area contributed by atoms with Gasteiger partial charge >= 0.3 is 0 Å². The van der Waals surface area contributed by atoms with Crippen LogP contribution in [0.25, 0.3) is 0 Å². The summed E-state index contributed by atoms with van der Waals surface area (Å²) in [6.07, 6.45) is 0.555. The van der Waals surface area contributed by atoms with E-state index in [0.717, 1.165) is 22.0 Å². The first kappa shape index (κ1) is 22.2. The largest absolute Gasteiger partial charge is 0.493 e. The maximum atomic E-state index is 13.1. The fourth-order valence-corrected chi connectivity index (χ4v) is 5.16. The van der Waals surface area contributed by atoms with Crippen LogP contribution in [0.15, 0.2) is 76.7 Å². The van der Waals surface area contributed by atoms with E-state index in [9.17, 15) is 4.79 Å². The standard InChI is InChI=1S/C27H25N3O3S/c1-17-9-11-19(12-10-17)16-34-27-28-21-15-24(33-3)23(32-2)14-20(21)25-29-26(31)22(30(25)27)13-18-7-5-4-6-8-18/h4-12,14-15,22H,13,16H2,1-3H3. The zero-order chi connectivity index (χ0) is 23.7. The van der Waals surface area contributed by atoms with E-state index in [1.165, 1.54) is 11.1 Å². The fraction of sp³-hybridized carbons (Fsp3) is 0.222. The number of rotatable bonds is 6. The Balaban J connectivity index is 1.55. The van der Waals surface area contributed by atoms with Gasteiger partial charge in [0.15, 0.2) is 16.7 Å². The summed E-state index contributed by atoms with van der Waals surface area (Å²) >= 11 is 1.61. The Morgan fingerprint density at radius 3 is 2.32 bits per heavy atom. The number of amidine groups is 2. The van der Waals surface area contributed by atoms with Gasteiger partial charge in [0.05, 0.1) is 19.9 Å². The Bertz CT molecular complexity index is 1290. The quantitative estimate of drug-likeness (QED) is 0.498. The van der Waals surface area contributed by atoms with E-state index in [2.05, 4.69) is 36.2 Å². The van der Waals surface area contributed by atoms with Crippen LogP contribution in [-0.2, 0) is 17.0 Å². The van der Waals surface area contributed by atoms with E-state index in [4.69, 9.17) is 14.5 Å². The van der Waals surface area contributed by atoms with E-state index in [1.807, 2.05) is 47.4 Å². The third kappa shape index (κ3) is 4.19. The lowest BCUT2D eigenvalue weighted by molar-refractivity contribution is -0.119. The normalized spacial score (nSPS) is 16.5. The maximum Gasteiger partial charge on any atom is 0.271 e. The Hall–Kier alpha value is -3.58. The number of nitrogens with zero attached hydrogens (tertiary/aromatic N) is 3. The molecule has 34 heavy (non-hydrogen) atoms. The van der Waals surface area contributed by atoms with E-state index in [-0.39, 0.29) is 5.91 Å². The van der Waals surface area contributed by atoms with Gasteiger partial charge in [0.1, 0.15) is 11.9 Å². The molecular weight excluding hydrogens is 446 g/mol. The van der Waals surface area contributed by atoms with Crippen LogP contribution >= 0.6 is 11.8 Å². The lowest BCUT2D eigenvalue weighted by atomic mass is 10.0. The van der Waals surface area contributed by atoms with E-state index in [1.54, 1.807) is 26.0 Å². The van der Waals surface area contributed by atoms with Crippen molar-refractivity contribution in [1.29, 1.82) is 0 Å². The molecule has 2 aliphatic heterocycles. The van der Waals surface area contributed by atoms with Crippen molar-refractivity contribution in [2.24, 2.45) is 9.98 Å². The first-order valence-corrected chi connectivity index (χ1v) is 12.0. The van der Waals surface area contributed by atoms with Gasteiger partial charge < -0.3 is 9.47 Å². The number of ether oxygens (including phenoxy) is 2. The molecule has 1 atom stereocenters. The molecule has 0 saturated heterocycles. The Kier molecular flexibility index (Phi) is 6.11. The molecule has 0 radical (unpaired) electrons. The van der Waals surface area contributed by atoms with Crippen LogP contribution in [0.3, 0.4) is 0 Å². The topological polar surface area (TPSA) is 63.5 Å². The number of methoxy groups -OCH3 is 2.